The van der Waals surface area contributed by atoms with Crippen molar-refractivity contribution < 1.29 is 23.5 Å². The van der Waals surface area contributed by atoms with Gasteiger partial charge in [-0.2, -0.15) is 0 Å². The topological polar surface area (TPSA) is 66.4 Å². The zero-order valence-electron chi connectivity index (χ0n) is 11.4. The molecule has 0 heterocycles. The zero-order chi connectivity index (χ0) is 15.3. The fourth-order valence-electron chi connectivity index (χ4n) is 1.83. The van der Waals surface area contributed by atoms with Crippen LogP contribution >= 0.6 is 0 Å². The summed E-state index contributed by atoms with van der Waals surface area (Å²) < 4.78 is 27.2. The Morgan fingerprint density at radius 3 is 2.55 bits per heavy atom. The Hall–Kier alpha value is -1.98. The highest BCUT2D eigenvalue weighted by Crippen LogP contribution is 2.16. The van der Waals surface area contributed by atoms with Gasteiger partial charge in [0.15, 0.2) is 0 Å². The van der Waals surface area contributed by atoms with Gasteiger partial charge in [0.05, 0.1) is 5.92 Å². The lowest BCUT2D eigenvalue weighted by molar-refractivity contribution is -0.141. The summed E-state index contributed by atoms with van der Waals surface area (Å²) in [5.41, 5.74) is -0.523. The standard InChI is InChI=1S/C14H17F2NO3/c1-3-4-9(14(19)20)7-17-13(18)11-10(15)6-5-8(2)12(11)16/h5-6,9H,3-4,7H2,1-2H3,(H,17,18)(H,19,20). The van der Waals surface area contributed by atoms with E-state index in [-0.39, 0.29) is 12.1 Å². The van der Waals surface area contributed by atoms with Crippen LogP contribution in [0.5, 0.6) is 0 Å². The Balaban J connectivity index is 2.82. The number of aryl methyl sites for hydroxylation is 1. The van der Waals surface area contributed by atoms with Gasteiger partial charge in [0.25, 0.3) is 5.91 Å². The Bertz CT molecular complexity index is 517. The number of hydrogen-bond acceptors (Lipinski definition) is 2. The monoisotopic (exact) mass is 285 g/mol. The van der Waals surface area contributed by atoms with Crippen LogP contribution in [0.25, 0.3) is 0 Å². The number of carboxylic acids is 1. The summed E-state index contributed by atoms with van der Waals surface area (Å²) in [5, 5.41) is 11.2. The second-order valence-corrected chi connectivity index (χ2v) is 4.59. The van der Waals surface area contributed by atoms with E-state index in [4.69, 9.17) is 5.11 Å². The molecule has 0 aliphatic heterocycles. The number of halogens is 2. The van der Waals surface area contributed by atoms with Crippen molar-refractivity contribution in [2.45, 2.75) is 26.7 Å². The Labute approximate surface area is 115 Å². The van der Waals surface area contributed by atoms with Crippen molar-refractivity contribution in [3.8, 4) is 0 Å². The number of carbonyl (C=O) groups is 2. The van der Waals surface area contributed by atoms with E-state index in [2.05, 4.69) is 5.32 Å². The largest absolute Gasteiger partial charge is 0.481 e. The predicted octanol–water partition coefficient (Wildman–Crippen LogP) is 2.50. The molecule has 1 unspecified atom stereocenters. The molecule has 1 aromatic rings. The van der Waals surface area contributed by atoms with Crippen molar-refractivity contribution in [3.63, 3.8) is 0 Å². The van der Waals surface area contributed by atoms with Crippen LogP contribution in [0.3, 0.4) is 0 Å². The van der Waals surface area contributed by atoms with Gasteiger partial charge in [0.1, 0.15) is 17.2 Å². The third-order valence-electron chi connectivity index (χ3n) is 3.01. The molecule has 1 aromatic carbocycles. The number of benzene rings is 1. The number of hydrogen-bond donors (Lipinski definition) is 2. The van der Waals surface area contributed by atoms with Gasteiger partial charge >= 0.3 is 5.97 Å². The van der Waals surface area contributed by atoms with Gasteiger partial charge in [-0.25, -0.2) is 8.78 Å². The van der Waals surface area contributed by atoms with E-state index in [0.29, 0.717) is 12.8 Å². The normalized spacial score (nSPS) is 12.0. The van der Waals surface area contributed by atoms with Crippen molar-refractivity contribution in [1.29, 1.82) is 0 Å². The highest BCUT2D eigenvalue weighted by atomic mass is 19.1. The predicted molar refractivity (Wildman–Crippen MR) is 69.5 cm³/mol. The lowest BCUT2D eigenvalue weighted by atomic mass is 10.0. The zero-order valence-corrected chi connectivity index (χ0v) is 11.4. The first-order valence-electron chi connectivity index (χ1n) is 6.34. The summed E-state index contributed by atoms with van der Waals surface area (Å²) in [6, 6.07) is 2.24. The van der Waals surface area contributed by atoms with E-state index >= 15 is 0 Å². The molecule has 0 radical (unpaired) electrons. The summed E-state index contributed by atoms with van der Waals surface area (Å²) in [6.07, 6.45) is 1.02. The van der Waals surface area contributed by atoms with Gasteiger partial charge in [-0.05, 0) is 25.0 Å². The minimum absolute atomic E-state index is 0.153. The minimum Gasteiger partial charge on any atom is -0.481 e. The fourth-order valence-corrected chi connectivity index (χ4v) is 1.83. The maximum atomic E-state index is 13.7. The van der Waals surface area contributed by atoms with Gasteiger partial charge in [0, 0.05) is 6.54 Å². The van der Waals surface area contributed by atoms with Gasteiger partial charge in [0.2, 0.25) is 0 Å². The molecule has 20 heavy (non-hydrogen) atoms. The van der Waals surface area contributed by atoms with Crippen LogP contribution in [0.15, 0.2) is 12.1 Å². The highest BCUT2D eigenvalue weighted by Gasteiger charge is 2.22. The van der Waals surface area contributed by atoms with Gasteiger partial charge in [-0.1, -0.05) is 19.4 Å². The van der Waals surface area contributed by atoms with E-state index in [1.54, 1.807) is 0 Å². The second-order valence-electron chi connectivity index (χ2n) is 4.59. The number of rotatable bonds is 6. The van der Waals surface area contributed by atoms with E-state index in [0.717, 1.165) is 6.07 Å². The van der Waals surface area contributed by atoms with Gasteiger partial charge < -0.3 is 10.4 Å². The Kier molecular flexibility index (Phi) is 5.61. The number of amides is 1. The number of aliphatic carboxylic acids is 1. The quantitative estimate of drug-likeness (QED) is 0.844. The fraction of sp³-hybridized carbons (Fsp3) is 0.429. The van der Waals surface area contributed by atoms with E-state index in [1.165, 1.54) is 13.0 Å². The van der Waals surface area contributed by atoms with Gasteiger partial charge in [-0.15, -0.1) is 0 Å². The summed E-state index contributed by atoms with van der Waals surface area (Å²) in [6.45, 7) is 3.08. The second kappa shape index (κ2) is 6.98. The van der Waals surface area contributed by atoms with Crippen LogP contribution in [0.2, 0.25) is 0 Å². The smallest absolute Gasteiger partial charge is 0.308 e. The van der Waals surface area contributed by atoms with Gasteiger partial charge in [-0.3, -0.25) is 9.59 Å². The maximum Gasteiger partial charge on any atom is 0.308 e. The Morgan fingerprint density at radius 1 is 1.35 bits per heavy atom. The van der Waals surface area contributed by atoms with Crippen molar-refractivity contribution >= 4 is 11.9 Å². The van der Waals surface area contributed by atoms with Crippen molar-refractivity contribution in [1.82, 2.24) is 5.32 Å². The third-order valence-corrected chi connectivity index (χ3v) is 3.01. The molecule has 1 amide bonds. The molecule has 1 rings (SSSR count). The molecule has 1 atom stereocenters. The SMILES string of the molecule is CCCC(CNC(=O)c1c(F)ccc(C)c1F)C(=O)O. The van der Waals surface area contributed by atoms with E-state index in [1.807, 2.05) is 6.92 Å². The van der Waals surface area contributed by atoms with Crippen LogP contribution in [-0.4, -0.2) is 23.5 Å². The molecule has 6 heteroatoms. The average molecular weight is 285 g/mol. The first-order chi connectivity index (χ1) is 9.38. The third kappa shape index (κ3) is 3.76. The molecule has 0 spiro atoms. The molecule has 0 saturated carbocycles. The molecular weight excluding hydrogens is 268 g/mol. The molecule has 110 valence electrons. The molecule has 4 nitrogen and oxygen atoms in total. The average Bonchev–Trinajstić information content (AvgIpc) is 2.39. The Morgan fingerprint density at radius 2 is 2.00 bits per heavy atom. The molecule has 0 aliphatic carbocycles. The maximum absolute atomic E-state index is 13.7. The summed E-state index contributed by atoms with van der Waals surface area (Å²) in [4.78, 5) is 22.7. The molecule has 0 fully saturated rings. The lowest BCUT2D eigenvalue weighted by Crippen LogP contribution is -2.34. The molecular formula is C14H17F2NO3. The molecule has 0 aliphatic rings. The first-order valence-corrected chi connectivity index (χ1v) is 6.34. The number of nitrogens with one attached hydrogen (secondary N) is 1. The van der Waals surface area contributed by atoms with Crippen molar-refractivity contribution in [2.24, 2.45) is 5.92 Å². The molecule has 0 bridgehead atoms. The first kappa shape index (κ1) is 16.1. The van der Waals surface area contributed by atoms with Crippen LogP contribution in [0, 0.1) is 24.5 Å². The highest BCUT2D eigenvalue weighted by molar-refractivity contribution is 5.95. The van der Waals surface area contributed by atoms with E-state index < -0.39 is 35.0 Å². The molecule has 0 aromatic heterocycles. The summed E-state index contributed by atoms with van der Waals surface area (Å²) in [7, 11) is 0. The summed E-state index contributed by atoms with van der Waals surface area (Å²) in [5.74, 6) is -4.64. The van der Waals surface area contributed by atoms with Crippen molar-refractivity contribution in [3.05, 3.63) is 34.9 Å². The van der Waals surface area contributed by atoms with Crippen LogP contribution in [0.1, 0.15) is 35.7 Å². The van der Waals surface area contributed by atoms with Crippen LogP contribution in [-0.2, 0) is 4.79 Å². The van der Waals surface area contributed by atoms with Crippen LogP contribution < -0.4 is 5.32 Å². The van der Waals surface area contributed by atoms with Crippen LogP contribution in [0.4, 0.5) is 8.78 Å². The van der Waals surface area contributed by atoms with E-state index in [9.17, 15) is 18.4 Å². The molecule has 0 saturated heterocycles. The summed E-state index contributed by atoms with van der Waals surface area (Å²) >= 11 is 0. The number of carbonyl (C=O) groups excluding carboxylic acids is 1. The minimum atomic E-state index is -1.04. The molecule has 2 N–H and O–H groups in total. The number of carboxylic acid groups (broad SMARTS) is 1. The lowest BCUT2D eigenvalue weighted by Gasteiger charge is -2.13. The van der Waals surface area contributed by atoms with Crippen molar-refractivity contribution in [2.75, 3.05) is 6.54 Å².